The summed E-state index contributed by atoms with van der Waals surface area (Å²) in [7, 11) is 0. The first-order valence-electron chi connectivity index (χ1n) is 10.1. The Morgan fingerprint density at radius 2 is 1.68 bits per heavy atom. The Bertz CT molecular complexity index is 1120. The molecule has 1 N–H and O–H groups in total. The summed E-state index contributed by atoms with van der Waals surface area (Å²) in [4.78, 5) is 22.8. The fourth-order valence-corrected chi connectivity index (χ4v) is 4.00. The molecule has 4 rings (SSSR count). The average molecular weight is 414 g/mol. The van der Waals surface area contributed by atoms with Crippen LogP contribution < -0.4 is 5.32 Å². The number of ether oxygens (including phenoxy) is 1. The van der Waals surface area contributed by atoms with Crippen LogP contribution in [0.1, 0.15) is 28.2 Å². The van der Waals surface area contributed by atoms with E-state index < -0.39 is 11.0 Å². The number of carbonyl (C=O) groups is 1. The van der Waals surface area contributed by atoms with Gasteiger partial charge in [0.05, 0.1) is 4.92 Å². The van der Waals surface area contributed by atoms with E-state index >= 15 is 0 Å². The van der Waals surface area contributed by atoms with E-state index in [1.165, 1.54) is 17.2 Å². The molecule has 0 unspecified atom stereocenters. The van der Waals surface area contributed by atoms with E-state index in [1.54, 1.807) is 31.2 Å². The molecule has 0 atom stereocenters. The maximum atomic E-state index is 12.2. The van der Waals surface area contributed by atoms with Crippen molar-refractivity contribution in [1.82, 2.24) is 5.32 Å². The predicted octanol–water partition coefficient (Wildman–Crippen LogP) is 5.46. The Hall–Kier alpha value is -3.93. The second-order valence-electron chi connectivity index (χ2n) is 7.36. The van der Waals surface area contributed by atoms with Crippen molar-refractivity contribution < 1.29 is 14.5 Å². The van der Waals surface area contributed by atoms with Gasteiger partial charge in [0.25, 0.3) is 5.69 Å². The van der Waals surface area contributed by atoms with Crippen LogP contribution in [0, 0.1) is 17.0 Å². The van der Waals surface area contributed by atoms with Crippen LogP contribution in [0.5, 0.6) is 0 Å². The van der Waals surface area contributed by atoms with Gasteiger partial charge >= 0.3 is 6.09 Å². The highest BCUT2D eigenvalue weighted by atomic mass is 16.6. The highest BCUT2D eigenvalue weighted by Crippen LogP contribution is 2.44. The molecule has 3 aromatic rings. The number of nitrogens with one attached hydrogen (secondary N) is 1. The predicted molar refractivity (Wildman–Crippen MR) is 120 cm³/mol. The number of nitrogens with zero attached hydrogens (tertiary/aromatic N) is 1. The summed E-state index contributed by atoms with van der Waals surface area (Å²) < 4.78 is 5.49. The summed E-state index contributed by atoms with van der Waals surface area (Å²) in [5.74, 6) is 0.0150. The number of alkyl carbamates (subject to hydrolysis) is 1. The first-order valence-corrected chi connectivity index (χ1v) is 10.1. The van der Waals surface area contributed by atoms with Gasteiger partial charge in [-0.3, -0.25) is 10.1 Å². The zero-order chi connectivity index (χ0) is 21.8. The van der Waals surface area contributed by atoms with Gasteiger partial charge in [-0.2, -0.15) is 0 Å². The maximum absolute atomic E-state index is 12.2. The third-order valence-corrected chi connectivity index (χ3v) is 5.55. The minimum absolute atomic E-state index is 0.0150. The van der Waals surface area contributed by atoms with Crippen molar-refractivity contribution >= 4 is 17.9 Å². The number of amides is 1. The molecule has 6 nitrogen and oxygen atoms in total. The number of nitro groups is 1. The van der Waals surface area contributed by atoms with Crippen LogP contribution in [0.25, 0.3) is 17.2 Å². The highest BCUT2D eigenvalue weighted by Gasteiger charge is 2.28. The summed E-state index contributed by atoms with van der Waals surface area (Å²) in [6.07, 6.45) is 3.00. The van der Waals surface area contributed by atoms with Gasteiger partial charge in [0.15, 0.2) is 0 Å². The minimum atomic E-state index is -0.498. The molecule has 0 saturated heterocycles. The normalized spacial score (nSPS) is 12.4. The van der Waals surface area contributed by atoms with Crippen LogP contribution in [-0.2, 0) is 4.74 Å². The van der Waals surface area contributed by atoms with E-state index in [1.807, 2.05) is 24.3 Å². The summed E-state index contributed by atoms with van der Waals surface area (Å²) in [5.41, 5.74) is 6.10. The largest absolute Gasteiger partial charge is 0.449 e. The molecule has 6 heteroatoms. The molecule has 0 spiro atoms. The summed E-state index contributed by atoms with van der Waals surface area (Å²) in [6.45, 7) is 2.23. The fourth-order valence-electron chi connectivity index (χ4n) is 4.00. The fraction of sp³-hybridized carbons (Fsp3) is 0.160. The topological polar surface area (TPSA) is 81.5 Å². The monoisotopic (exact) mass is 414 g/mol. The second kappa shape index (κ2) is 8.83. The molecule has 0 fully saturated rings. The van der Waals surface area contributed by atoms with Crippen molar-refractivity contribution in [2.75, 3.05) is 13.2 Å². The van der Waals surface area contributed by atoms with Crippen molar-refractivity contribution in [3.8, 4) is 11.1 Å². The number of hydrogen-bond acceptors (Lipinski definition) is 4. The smallest absolute Gasteiger partial charge is 0.407 e. The van der Waals surface area contributed by atoms with Crippen LogP contribution in [0.2, 0.25) is 0 Å². The van der Waals surface area contributed by atoms with Crippen LogP contribution in [0.4, 0.5) is 10.5 Å². The van der Waals surface area contributed by atoms with Gasteiger partial charge in [-0.25, -0.2) is 4.79 Å². The van der Waals surface area contributed by atoms with Crippen molar-refractivity contribution in [3.63, 3.8) is 0 Å². The molecule has 0 aromatic heterocycles. The second-order valence-corrected chi connectivity index (χ2v) is 7.36. The van der Waals surface area contributed by atoms with Crippen LogP contribution >= 0.6 is 0 Å². The number of hydrogen-bond donors (Lipinski definition) is 1. The Morgan fingerprint density at radius 3 is 2.32 bits per heavy atom. The Morgan fingerprint density at radius 1 is 1.03 bits per heavy atom. The molecule has 1 aliphatic carbocycles. The molecule has 3 aromatic carbocycles. The Labute approximate surface area is 180 Å². The molecule has 1 amide bonds. The molecule has 0 bridgehead atoms. The molecular weight excluding hydrogens is 392 g/mol. The molecule has 1 aliphatic rings. The van der Waals surface area contributed by atoms with E-state index in [-0.39, 0.29) is 24.8 Å². The molecular formula is C25H22N2O4. The minimum Gasteiger partial charge on any atom is -0.449 e. The summed E-state index contributed by atoms with van der Waals surface area (Å²) in [6, 6.07) is 21.3. The first kappa shape index (κ1) is 20.3. The first-order chi connectivity index (χ1) is 15.1. The lowest BCUT2D eigenvalue weighted by Gasteiger charge is -2.14. The number of fused-ring (bicyclic) bond motifs is 3. The lowest BCUT2D eigenvalue weighted by molar-refractivity contribution is -0.385. The summed E-state index contributed by atoms with van der Waals surface area (Å²) in [5, 5.41) is 13.7. The number of benzene rings is 3. The quantitative estimate of drug-likeness (QED) is 0.429. The number of rotatable bonds is 6. The average Bonchev–Trinajstić information content (AvgIpc) is 3.10. The van der Waals surface area contributed by atoms with Crippen LogP contribution in [-0.4, -0.2) is 24.2 Å². The van der Waals surface area contributed by atoms with Gasteiger partial charge in [-0.15, -0.1) is 0 Å². The number of carbonyl (C=O) groups excluding carboxylic acids is 1. The van der Waals surface area contributed by atoms with E-state index in [4.69, 9.17) is 4.74 Å². The molecule has 0 aliphatic heterocycles. The van der Waals surface area contributed by atoms with Gasteiger partial charge in [-0.1, -0.05) is 72.8 Å². The molecule has 0 radical (unpaired) electrons. The van der Waals surface area contributed by atoms with Gasteiger partial charge in [0.2, 0.25) is 0 Å². The lowest BCUT2D eigenvalue weighted by atomic mass is 9.98. The van der Waals surface area contributed by atoms with E-state index in [9.17, 15) is 14.9 Å². The zero-order valence-corrected chi connectivity index (χ0v) is 17.1. The molecule has 0 heterocycles. The van der Waals surface area contributed by atoms with Gasteiger partial charge in [0, 0.05) is 24.1 Å². The number of nitro benzene ring substituents is 1. The zero-order valence-electron chi connectivity index (χ0n) is 17.1. The van der Waals surface area contributed by atoms with Gasteiger partial charge in [-0.05, 0) is 34.7 Å². The molecule has 156 valence electrons. The Balaban J connectivity index is 1.34. The van der Waals surface area contributed by atoms with Crippen LogP contribution in [0.3, 0.4) is 0 Å². The van der Waals surface area contributed by atoms with Crippen molar-refractivity contribution in [1.29, 1.82) is 0 Å². The van der Waals surface area contributed by atoms with E-state index in [2.05, 4.69) is 29.6 Å². The maximum Gasteiger partial charge on any atom is 0.407 e. The van der Waals surface area contributed by atoms with Crippen LogP contribution in [0.15, 0.2) is 72.8 Å². The highest BCUT2D eigenvalue weighted by molar-refractivity contribution is 5.79. The van der Waals surface area contributed by atoms with Gasteiger partial charge in [0.1, 0.15) is 6.61 Å². The molecule has 31 heavy (non-hydrogen) atoms. The third kappa shape index (κ3) is 4.19. The van der Waals surface area contributed by atoms with E-state index in [0.29, 0.717) is 5.56 Å². The van der Waals surface area contributed by atoms with Crippen molar-refractivity contribution in [2.45, 2.75) is 12.8 Å². The van der Waals surface area contributed by atoms with E-state index in [0.717, 1.165) is 16.7 Å². The van der Waals surface area contributed by atoms with Crippen molar-refractivity contribution in [2.24, 2.45) is 0 Å². The van der Waals surface area contributed by atoms with Gasteiger partial charge < -0.3 is 10.1 Å². The van der Waals surface area contributed by atoms with Crippen molar-refractivity contribution in [3.05, 3.63) is 105 Å². The standard InChI is InChI=1S/C25H22N2O4/c1-17-18(8-6-14-24(17)27(29)30)9-7-15-26-25(28)31-16-23-21-12-4-2-10-19(21)20-11-3-5-13-22(20)23/h2-14,23H,15-16H2,1H3,(H,26,28). The summed E-state index contributed by atoms with van der Waals surface area (Å²) >= 11 is 0. The molecule has 0 saturated carbocycles. The SMILES string of the molecule is Cc1c(C=CCNC(=O)OCC2c3ccccc3-c3ccccc32)cccc1[N+](=O)[O-]. The third-order valence-electron chi connectivity index (χ3n) is 5.55. The Kier molecular flexibility index (Phi) is 5.80. The lowest BCUT2D eigenvalue weighted by Crippen LogP contribution is -2.26.